The number of halogens is 1. The monoisotopic (exact) mass is 377 g/mol. The predicted molar refractivity (Wildman–Crippen MR) is 104 cm³/mol. The molecule has 2 saturated carbocycles. The van der Waals surface area contributed by atoms with Crippen LogP contribution in [0, 0.1) is 23.7 Å². The zero-order valence-corrected chi connectivity index (χ0v) is 15.8. The molecular weight excluding hydrogens is 350 g/mol. The van der Waals surface area contributed by atoms with Gasteiger partial charge >= 0.3 is 0 Å². The fourth-order valence-electron chi connectivity index (χ4n) is 5.21. The highest BCUT2D eigenvalue weighted by Gasteiger charge is 2.43. The van der Waals surface area contributed by atoms with E-state index >= 15 is 0 Å². The van der Waals surface area contributed by atoms with Gasteiger partial charge < -0.3 is 16.4 Å². The SMILES string of the molecule is Cl.NC(=O)C1Cc2ccccc2N(C(=O)C2CC3CCCC(C2)C3N)C1. The lowest BCUT2D eigenvalue weighted by Crippen LogP contribution is -2.52. The molecule has 1 aliphatic heterocycles. The molecule has 2 amide bonds. The minimum atomic E-state index is -0.324. The van der Waals surface area contributed by atoms with E-state index in [-0.39, 0.29) is 42.1 Å². The summed E-state index contributed by atoms with van der Waals surface area (Å²) < 4.78 is 0. The van der Waals surface area contributed by atoms with E-state index in [2.05, 4.69) is 0 Å². The first-order valence-electron chi connectivity index (χ1n) is 9.48. The number of anilines is 1. The van der Waals surface area contributed by atoms with Crippen LogP contribution < -0.4 is 16.4 Å². The minimum Gasteiger partial charge on any atom is -0.369 e. The van der Waals surface area contributed by atoms with Crippen LogP contribution in [0.3, 0.4) is 0 Å². The van der Waals surface area contributed by atoms with E-state index in [9.17, 15) is 9.59 Å². The van der Waals surface area contributed by atoms with E-state index < -0.39 is 0 Å². The molecule has 0 aromatic heterocycles. The van der Waals surface area contributed by atoms with Crippen molar-refractivity contribution in [2.24, 2.45) is 35.1 Å². The molecule has 5 nitrogen and oxygen atoms in total. The van der Waals surface area contributed by atoms with Crippen LogP contribution in [0.1, 0.15) is 37.7 Å². The van der Waals surface area contributed by atoms with E-state index in [0.29, 0.717) is 24.8 Å². The van der Waals surface area contributed by atoms with E-state index in [4.69, 9.17) is 11.5 Å². The molecule has 1 aromatic rings. The Balaban J connectivity index is 0.00000196. The van der Waals surface area contributed by atoms with E-state index in [0.717, 1.165) is 36.9 Å². The lowest BCUT2D eigenvalue weighted by Gasteiger charge is -2.45. The van der Waals surface area contributed by atoms with E-state index in [1.54, 1.807) is 0 Å². The quantitative estimate of drug-likeness (QED) is 0.828. The number of nitrogens with zero attached hydrogens (tertiary/aromatic N) is 1. The molecule has 3 atom stereocenters. The summed E-state index contributed by atoms with van der Waals surface area (Å²) in [6.07, 6.45) is 5.91. The van der Waals surface area contributed by atoms with Gasteiger partial charge in [-0.25, -0.2) is 0 Å². The maximum Gasteiger partial charge on any atom is 0.230 e. The van der Waals surface area contributed by atoms with Crippen molar-refractivity contribution in [2.45, 2.75) is 44.6 Å². The summed E-state index contributed by atoms with van der Waals surface area (Å²) >= 11 is 0. The van der Waals surface area contributed by atoms with Crippen LogP contribution in [0.4, 0.5) is 5.69 Å². The van der Waals surface area contributed by atoms with Gasteiger partial charge in [-0.3, -0.25) is 9.59 Å². The molecule has 4 rings (SSSR count). The van der Waals surface area contributed by atoms with Crippen LogP contribution in [0.25, 0.3) is 0 Å². The number of nitrogens with two attached hydrogens (primary N) is 2. The molecule has 142 valence electrons. The summed E-state index contributed by atoms with van der Waals surface area (Å²) in [5.41, 5.74) is 13.9. The summed E-state index contributed by atoms with van der Waals surface area (Å²) in [6, 6.07) is 8.14. The topological polar surface area (TPSA) is 89.4 Å². The highest BCUT2D eigenvalue weighted by atomic mass is 35.5. The third-order valence-corrected chi connectivity index (χ3v) is 6.58. The van der Waals surface area contributed by atoms with Gasteiger partial charge in [-0.1, -0.05) is 24.6 Å². The Morgan fingerprint density at radius 2 is 1.69 bits per heavy atom. The lowest BCUT2D eigenvalue weighted by molar-refractivity contribution is -0.126. The van der Waals surface area contributed by atoms with Crippen molar-refractivity contribution in [3.05, 3.63) is 29.8 Å². The van der Waals surface area contributed by atoms with Gasteiger partial charge in [-0.15, -0.1) is 12.4 Å². The molecule has 6 heteroatoms. The zero-order valence-electron chi connectivity index (χ0n) is 15.0. The smallest absolute Gasteiger partial charge is 0.230 e. The third-order valence-electron chi connectivity index (χ3n) is 6.58. The second-order valence-corrected chi connectivity index (χ2v) is 8.08. The van der Waals surface area contributed by atoms with Crippen molar-refractivity contribution >= 4 is 29.9 Å². The van der Waals surface area contributed by atoms with Gasteiger partial charge in [0.1, 0.15) is 0 Å². The van der Waals surface area contributed by atoms with Crippen LogP contribution in [-0.4, -0.2) is 24.4 Å². The first kappa shape index (κ1) is 19.2. The minimum absolute atomic E-state index is 0. The van der Waals surface area contributed by atoms with Gasteiger partial charge in [0.05, 0.1) is 5.92 Å². The van der Waals surface area contributed by atoms with Crippen LogP contribution in [0.15, 0.2) is 24.3 Å². The summed E-state index contributed by atoms with van der Waals surface area (Å²) in [5.74, 6) is 0.484. The number of carbonyl (C=O) groups is 2. The number of carbonyl (C=O) groups excluding carboxylic acids is 2. The Morgan fingerprint density at radius 1 is 1.04 bits per heavy atom. The number of hydrogen-bond acceptors (Lipinski definition) is 3. The number of hydrogen-bond donors (Lipinski definition) is 2. The summed E-state index contributed by atoms with van der Waals surface area (Å²) in [5, 5.41) is 0. The number of rotatable bonds is 2. The first-order valence-corrected chi connectivity index (χ1v) is 9.48. The van der Waals surface area contributed by atoms with Crippen molar-refractivity contribution in [3.8, 4) is 0 Å². The predicted octanol–water partition coefficient (Wildman–Crippen LogP) is 2.25. The molecule has 1 heterocycles. The first-order chi connectivity index (χ1) is 12.0. The van der Waals surface area contributed by atoms with Crippen LogP contribution in [0.5, 0.6) is 0 Å². The Morgan fingerprint density at radius 3 is 2.35 bits per heavy atom. The number of primary amides is 1. The van der Waals surface area contributed by atoms with E-state index in [1.165, 1.54) is 6.42 Å². The second-order valence-electron chi connectivity index (χ2n) is 8.08. The molecule has 0 spiro atoms. The molecule has 0 radical (unpaired) electrons. The lowest BCUT2D eigenvalue weighted by atomic mass is 9.64. The standard InChI is InChI=1S/C20H27N3O2.ClH/c21-18-13-5-3-6-14(18)10-15(9-13)20(25)23-11-16(19(22)24)8-12-4-1-2-7-17(12)23;/h1-2,4,7,13-16,18H,3,5-6,8-11,21H2,(H2,22,24);1H. The van der Waals surface area contributed by atoms with Gasteiger partial charge in [-0.05, 0) is 55.6 Å². The zero-order chi connectivity index (χ0) is 17.6. The molecule has 4 N–H and O–H groups in total. The third kappa shape index (κ3) is 3.35. The Labute approximate surface area is 160 Å². The van der Waals surface area contributed by atoms with Crippen molar-refractivity contribution in [2.75, 3.05) is 11.4 Å². The highest BCUT2D eigenvalue weighted by molar-refractivity contribution is 5.97. The van der Waals surface area contributed by atoms with Gasteiger partial charge in [-0.2, -0.15) is 0 Å². The van der Waals surface area contributed by atoms with Crippen molar-refractivity contribution in [3.63, 3.8) is 0 Å². The van der Waals surface area contributed by atoms with Crippen molar-refractivity contribution in [1.29, 1.82) is 0 Å². The number of para-hydroxylation sites is 1. The maximum atomic E-state index is 13.4. The molecule has 2 fully saturated rings. The molecule has 26 heavy (non-hydrogen) atoms. The van der Waals surface area contributed by atoms with Crippen molar-refractivity contribution < 1.29 is 9.59 Å². The molecular formula is C20H28ClN3O2. The van der Waals surface area contributed by atoms with Crippen LogP contribution in [0.2, 0.25) is 0 Å². The summed E-state index contributed by atoms with van der Waals surface area (Å²) in [7, 11) is 0. The van der Waals surface area contributed by atoms with Gasteiger partial charge in [0.15, 0.2) is 0 Å². The number of fused-ring (bicyclic) bond motifs is 3. The molecule has 3 aliphatic rings. The number of amides is 2. The molecule has 2 aliphatic carbocycles. The Kier molecular flexibility index (Phi) is 5.58. The second kappa shape index (κ2) is 7.57. The molecule has 0 saturated heterocycles. The Bertz CT molecular complexity index is 681. The maximum absolute atomic E-state index is 13.4. The summed E-state index contributed by atoms with van der Waals surface area (Å²) in [6.45, 7) is 0.406. The fourth-order valence-corrected chi connectivity index (χ4v) is 5.21. The Hall–Kier alpha value is -1.59. The van der Waals surface area contributed by atoms with Gasteiger partial charge in [0, 0.05) is 24.2 Å². The highest BCUT2D eigenvalue weighted by Crippen LogP contribution is 2.43. The van der Waals surface area contributed by atoms with Crippen molar-refractivity contribution in [1.82, 2.24) is 0 Å². The largest absolute Gasteiger partial charge is 0.369 e. The van der Waals surface area contributed by atoms with Crippen LogP contribution in [-0.2, 0) is 16.0 Å². The number of benzene rings is 1. The van der Waals surface area contributed by atoms with E-state index in [1.807, 2.05) is 29.2 Å². The van der Waals surface area contributed by atoms with Gasteiger partial charge in [0.2, 0.25) is 11.8 Å². The molecule has 3 unspecified atom stereocenters. The average molecular weight is 378 g/mol. The summed E-state index contributed by atoms with van der Waals surface area (Å²) in [4.78, 5) is 27.0. The fraction of sp³-hybridized carbons (Fsp3) is 0.600. The molecule has 1 aromatic carbocycles. The van der Waals surface area contributed by atoms with Gasteiger partial charge in [0.25, 0.3) is 0 Å². The van der Waals surface area contributed by atoms with Crippen LogP contribution >= 0.6 is 12.4 Å². The molecule has 2 bridgehead atoms. The normalized spacial score (nSPS) is 33.0. The average Bonchev–Trinajstić information content (AvgIpc) is 2.60.